The van der Waals surface area contributed by atoms with Crippen LogP contribution in [0.15, 0.2) is 33.9 Å². The first-order valence-electron chi connectivity index (χ1n) is 5.83. The Bertz CT molecular complexity index is 814. The van der Waals surface area contributed by atoms with Crippen LogP contribution in [0.25, 0.3) is 17.1 Å². The average Bonchev–Trinajstić information content (AvgIpc) is 2.35. The zero-order chi connectivity index (χ0) is 14.8. The van der Waals surface area contributed by atoms with E-state index >= 15 is 0 Å². The minimum absolute atomic E-state index is 0.217. The Labute approximate surface area is 113 Å². The number of allylic oxidation sites excluding steroid dienone is 1. The second-order valence-corrected chi connectivity index (χ2v) is 6.03. The first-order valence-corrected chi connectivity index (χ1v) is 7.63. The quantitative estimate of drug-likeness (QED) is 0.491. The van der Waals surface area contributed by atoms with Crippen molar-refractivity contribution in [1.82, 2.24) is 9.97 Å². The van der Waals surface area contributed by atoms with Gasteiger partial charge in [0.1, 0.15) is 0 Å². The van der Waals surface area contributed by atoms with Crippen molar-refractivity contribution < 1.29 is 14.4 Å². The van der Waals surface area contributed by atoms with Gasteiger partial charge in [-0.3, -0.25) is 14.2 Å². The number of aromatic amines is 2. The molecule has 0 bridgehead atoms. The number of benzene rings is 1. The molecule has 2 aromatic rings. The van der Waals surface area contributed by atoms with Gasteiger partial charge in [-0.2, -0.15) is 0 Å². The zero-order valence-corrected chi connectivity index (χ0v) is 11.3. The van der Waals surface area contributed by atoms with Gasteiger partial charge in [0.15, 0.2) is 0 Å². The third-order valence-corrected chi connectivity index (χ3v) is 3.51. The van der Waals surface area contributed by atoms with Gasteiger partial charge < -0.3 is 19.8 Å². The number of fused-ring (bicyclic) bond motifs is 1. The van der Waals surface area contributed by atoms with Crippen LogP contribution in [0.2, 0.25) is 0 Å². The van der Waals surface area contributed by atoms with Gasteiger partial charge in [-0.05, 0) is 18.1 Å². The largest absolute Gasteiger partial charge is 0.325 e. The molecule has 0 saturated heterocycles. The van der Waals surface area contributed by atoms with Gasteiger partial charge in [-0.1, -0.05) is 24.3 Å². The maximum atomic E-state index is 11.3. The van der Waals surface area contributed by atoms with Crippen molar-refractivity contribution in [1.29, 1.82) is 0 Å². The summed E-state index contributed by atoms with van der Waals surface area (Å²) in [7, 11) is -4.01. The summed E-state index contributed by atoms with van der Waals surface area (Å²) in [5, 5.41) is 0. The summed E-state index contributed by atoms with van der Waals surface area (Å²) in [6, 6.07) is 5.09. The standard InChI is InChI=1S/C12H13N2O5P/c15-11-12(16)14-10-8(5-3-6-9(10)13-11)4-1-2-7-20(17,18)19/h1,3-6H,2,7H2,(H,13,15)(H,14,16)(H2,17,18,19)/b4-1+. The normalized spacial score (nSPS) is 12.3. The van der Waals surface area contributed by atoms with E-state index in [1.807, 2.05) is 0 Å². The Hall–Kier alpha value is -1.95. The summed E-state index contributed by atoms with van der Waals surface area (Å²) >= 11 is 0. The Morgan fingerprint density at radius 3 is 2.55 bits per heavy atom. The SMILES string of the molecule is O=c1[nH]c2cccc(/C=C/CCP(=O)(O)O)c2[nH]c1=O. The minimum atomic E-state index is -4.01. The molecule has 106 valence electrons. The summed E-state index contributed by atoms with van der Waals surface area (Å²) in [4.78, 5) is 45.0. The summed E-state index contributed by atoms with van der Waals surface area (Å²) in [5.74, 6) is 0. The van der Waals surface area contributed by atoms with Crippen LogP contribution in [-0.2, 0) is 4.57 Å². The molecule has 1 aromatic carbocycles. The van der Waals surface area contributed by atoms with Crippen LogP contribution in [0.1, 0.15) is 12.0 Å². The number of rotatable bonds is 4. The highest BCUT2D eigenvalue weighted by Crippen LogP contribution is 2.35. The van der Waals surface area contributed by atoms with Crippen LogP contribution in [-0.4, -0.2) is 25.9 Å². The Morgan fingerprint density at radius 1 is 1.15 bits per heavy atom. The molecule has 7 nitrogen and oxygen atoms in total. The van der Waals surface area contributed by atoms with E-state index < -0.39 is 18.7 Å². The molecule has 20 heavy (non-hydrogen) atoms. The highest BCUT2D eigenvalue weighted by molar-refractivity contribution is 7.51. The van der Waals surface area contributed by atoms with Crippen LogP contribution in [0, 0.1) is 0 Å². The summed E-state index contributed by atoms with van der Waals surface area (Å²) in [6.45, 7) is 0. The van der Waals surface area contributed by atoms with E-state index in [4.69, 9.17) is 9.79 Å². The highest BCUT2D eigenvalue weighted by atomic mass is 31.2. The number of nitrogens with one attached hydrogen (secondary N) is 2. The molecule has 4 N–H and O–H groups in total. The van der Waals surface area contributed by atoms with E-state index in [1.165, 1.54) is 0 Å². The fraction of sp³-hybridized carbons (Fsp3) is 0.167. The van der Waals surface area contributed by atoms with Crippen molar-refractivity contribution in [2.24, 2.45) is 0 Å². The van der Waals surface area contributed by atoms with Crippen LogP contribution in [0.5, 0.6) is 0 Å². The van der Waals surface area contributed by atoms with Crippen LogP contribution in [0.3, 0.4) is 0 Å². The third kappa shape index (κ3) is 3.54. The van der Waals surface area contributed by atoms with E-state index in [0.717, 1.165) is 0 Å². The number of hydrogen-bond acceptors (Lipinski definition) is 3. The van der Waals surface area contributed by atoms with Crippen molar-refractivity contribution in [2.75, 3.05) is 6.16 Å². The van der Waals surface area contributed by atoms with Crippen molar-refractivity contribution in [3.05, 3.63) is 50.5 Å². The molecule has 0 atom stereocenters. The molecule has 0 fully saturated rings. The lowest BCUT2D eigenvalue weighted by Gasteiger charge is -2.02. The molecule has 1 heterocycles. The van der Waals surface area contributed by atoms with Gasteiger partial charge in [-0.15, -0.1) is 0 Å². The fourth-order valence-electron chi connectivity index (χ4n) is 1.76. The molecule has 0 aliphatic carbocycles. The van der Waals surface area contributed by atoms with E-state index in [0.29, 0.717) is 16.6 Å². The first-order chi connectivity index (χ1) is 9.37. The van der Waals surface area contributed by atoms with Crippen LogP contribution < -0.4 is 11.1 Å². The Morgan fingerprint density at radius 2 is 1.85 bits per heavy atom. The Balaban J connectivity index is 2.33. The van der Waals surface area contributed by atoms with E-state index in [-0.39, 0.29) is 12.6 Å². The van der Waals surface area contributed by atoms with Gasteiger partial charge in [0.25, 0.3) is 0 Å². The van der Waals surface area contributed by atoms with Crippen molar-refractivity contribution in [3.63, 3.8) is 0 Å². The minimum Gasteiger partial charge on any atom is -0.324 e. The molecule has 2 rings (SSSR count). The first kappa shape index (κ1) is 14.5. The molecule has 0 aliphatic rings. The predicted molar refractivity (Wildman–Crippen MR) is 75.8 cm³/mol. The third-order valence-electron chi connectivity index (χ3n) is 2.67. The summed E-state index contributed by atoms with van der Waals surface area (Å²) in [5.41, 5.74) is 0.159. The van der Waals surface area contributed by atoms with Gasteiger partial charge in [-0.25, -0.2) is 0 Å². The van der Waals surface area contributed by atoms with Gasteiger partial charge >= 0.3 is 18.7 Å². The molecule has 0 saturated carbocycles. The maximum Gasteiger partial charge on any atom is 0.325 e. The van der Waals surface area contributed by atoms with E-state index in [2.05, 4.69) is 9.97 Å². The molecule has 0 amide bonds. The molecular formula is C12H13N2O5P. The summed E-state index contributed by atoms with van der Waals surface area (Å²) < 4.78 is 10.7. The van der Waals surface area contributed by atoms with E-state index in [1.54, 1.807) is 30.4 Å². The fourth-order valence-corrected chi connectivity index (χ4v) is 2.24. The number of hydrogen-bond donors (Lipinski definition) is 4. The predicted octanol–water partition coefficient (Wildman–Crippen LogP) is 0.797. The lowest BCUT2D eigenvalue weighted by Crippen LogP contribution is -2.29. The molecular weight excluding hydrogens is 283 g/mol. The highest BCUT2D eigenvalue weighted by Gasteiger charge is 2.10. The van der Waals surface area contributed by atoms with E-state index in [9.17, 15) is 14.2 Å². The van der Waals surface area contributed by atoms with Crippen LogP contribution >= 0.6 is 7.60 Å². The Kier molecular flexibility index (Phi) is 4.04. The zero-order valence-electron chi connectivity index (χ0n) is 10.4. The molecule has 0 spiro atoms. The second kappa shape index (κ2) is 5.58. The number of aromatic nitrogens is 2. The number of para-hydroxylation sites is 1. The van der Waals surface area contributed by atoms with Crippen molar-refractivity contribution in [2.45, 2.75) is 6.42 Å². The lowest BCUT2D eigenvalue weighted by atomic mass is 10.1. The van der Waals surface area contributed by atoms with Gasteiger partial charge in [0.2, 0.25) is 0 Å². The van der Waals surface area contributed by atoms with Crippen LogP contribution in [0.4, 0.5) is 0 Å². The smallest absolute Gasteiger partial charge is 0.324 e. The van der Waals surface area contributed by atoms with Gasteiger partial charge in [0, 0.05) is 0 Å². The van der Waals surface area contributed by atoms with Crippen molar-refractivity contribution in [3.8, 4) is 0 Å². The second-order valence-electron chi connectivity index (χ2n) is 4.26. The van der Waals surface area contributed by atoms with Crippen molar-refractivity contribution >= 4 is 24.7 Å². The molecule has 0 aliphatic heterocycles. The average molecular weight is 296 g/mol. The van der Waals surface area contributed by atoms with Gasteiger partial charge in [0.05, 0.1) is 17.2 Å². The summed E-state index contributed by atoms with van der Waals surface area (Å²) in [6.07, 6.45) is 3.24. The maximum absolute atomic E-state index is 11.3. The topological polar surface area (TPSA) is 123 Å². The molecule has 1 aromatic heterocycles. The molecule has 8 heteroatoms. The lowest BCUT2D eigenvalue weighted by molar-refractivity contribution is 0.373. The monoisotopic (exact) mass is 296 g/mol. The number of H-pyrrole nitrogens is 2. The molecule has 0 radical (unpaired) electrons. The molecule has 0 unspecified atom stereocenters.